The Labute approximate surface area is 114 Å². The average Bonchev–Trinajstić information content (AvgIpc) is 2.76. The van der Waals surface area contributed by atoms with E-state index in [0.29, 0.717) is 0 Å². The normalized spacial score (nSPS) is 12.2. The van der Waals surface area contributed by atoms with Gasteiger partial charge in [0, 0.05) is 9.75 Å². The number of amides is 1. The van der Waals surface area contributed by atoms with Gasteiger partial charge in [-0.2, -0.15) is 0 Å². The average molecular weight is 282 g/mol. The maximum absolute atomic E-state index is 11.9. The molecular weight excluding hydrogens is 270 g/mol. The third kappa shape index (κ3) is 3.05. The van der Waals surface area contributed by atoms with E-state index in [1.165, 1.54) is 4.88 Å². The van der Waals surface area contributed by atoms with Crippen LogP contribution in [0.1, 0.15) is 33.2 Å². The highest BCUT2D eigenvalue weighted by atomic mass is 35.5. The first-order chi connectivity index (χ1) is 8.56. The van der Waals surface area contributed by atoms with Gasteiger partial charge in [-0.25, -0.2) is 0 Å². The number of aromatic nitrogens is 2. The van der Waals surface area contributed by atoms with Crippen LogP contribution in [0.3, 0.4) is 0 Å². The summed E-state index contributed by atoms with van der Waals surface area (Å²) in [6, 6.07) is 7.10. The summed E-state index contributed by atoms with van der Waals surface area (Å²) in [6.45, 7) is 3.97. The molecule has 0 saturated heterocycles. The third-order valence-electron chi connectivity index (χ3n) is 2.40. The van der Waals surface area contributed by atoms with Gasteiger partial charge in [0.15, 0.2) is 10.8 Å². The van der Waals surface area contributed by atoms with Crippen molar-refractivity contribution in [2.24, 2.45) is 0 Å². The molecule has 0 spiro atoms. The van der Waals surface area contributed by atoms with Crippen molar-refractivity contribution in [1.82, 2.24) is 15.5 Å². The molecule has 0 aliphatic rings. The Hall–Kier alpha value is -1.46. The minimum Gasteiger partial charge on any atom is -0.343 e. The van der Waals surface area contributed by atoms with Crippen molar-refractivity contribution in [2.45, 2.75) is 19.9 Å². The van der Waals surface area contributed by atoms with Crippen LogP contribution >= 0.6 is 22.9 Å². The number of carbonyl (C=O) groups excluding carboxylic acids is 1. The molecule has 2 heterocycles. The fourth-order valence-electron chi connectivity index (χ4n) is 1.46. The SMILES string of the molecule is Cc1ccc(C(C)NC(=O)c2ccc(Cl)nn2)s1. The van der Waals surface area contributed by atoms with Crippen LogP contribution in [0.15, 0.2) is 24.3 Å². The molecule has 94 valence electrons. The van der Waals surface area contributed by atoms with Crippen LogP contribution in [0.4, 0.5) is 0 Å². The molecule has 0 fully saturated rings. The molecule has 1 N–H and O–H groups in total. The Morgan fingerprint density at radius 2 is 2.11 bits per heavy atom. The lowest BCUT2D eigenvalue weighted by Crippen LogP contribution is -2.27. The second kappa shape index (κ2) is 5.46. The zero-order valence-electron chi connectivity index (χ0n) is 9.98. The minimum atomic E-state index is -0.252. The summed E-state index contributed by atoms with van der Waals surface area (Å²) in [4.78, 5) is 14.2. The van der Waals surface area contributed by atoms with Crippen molar-refractivity contribution >= 4 is 28.8 Å². The second-order valence-corrected chi connectivity index (χ2v) is 5.59. The number of thiophene rings is 1. The van der Waals surface area contributed by atoms with Crippen molar-refractivity contribution in [3.05, 3.63) is 44.9 Å². The fraction of sp³-hybridized carbons (Fsp3) is 0.250. The lowest BCUT2D eigenvalue weighted by molar-refractivity contribution is 0.0934. The Morgan fingerprint density at radius 3 is 2.67 bits per heavy atom. The van der Waals surface area contributed by atoms with Crippen LogP contribution in [0.25, 0.3) is 0 Å². The van der Waals surface area contributed by atoms with Crippen LogP contribution in [0.2, 0.25) is 5.15 Å². The number of nitrogens with one attached hydrogen (secondary N) is 1. The van der Waals surface area contributed by atoms with E-state index in [1.807, 2.05) is 26.0 Å². The molecule has 0 aliphatic heterocycles. The van der Waals surface area contributed by atoms with Gasteiger partial charge >= 0.3 is 0 Å². The summed E-state index contributed by atoms with van der Waals surface area (Å²) in [6.07, 6.45) is 0. The van der Waals surface area contributed by atoms with Gasteiger partial charge < -0.3 is 5.32 Å². The predicted octanol–water partition coefficient (Wildman–Crippen LogP) is 2.99. The number of carbonyl (C=O) groups is 1. The van der Waals surface area contributed by atoms with Crippen molar-refractivity contribution in [1.29, 1.82) is 0 Å². The Kier molecular flexibility index (Phi) is 3.93. The third-order valence-corrected chi connectivity index (χ3v) is 3.79. The first-order valence-corrected chi connectivity index (χ1v) is 6.62. The van der Waals surface area contributed by atoms with E-state index in [9.17, 15) is 4.79 Å². The number of nitrogens with zero attached hydrogens (tertiary/aromatic N) is 2. The van der Waals surface area contributed by atoms with Crippen LogP contribution in [0.5, 0.6) is 0 Å². The van der Waals surface area contributed by atoms with Gasteiger partial charge in [0.1, 0.15) is 0 Å². The largest absolute Gasteiger partial charge is 0.343 e. The van der Waals surface area contributed by atoms with Crippen molar-refractivity contribution in [3.8, 4) is 0 Å². The second-order valence-electron chi connectivity index (χ2n) is 3.88. The molecule has 0 aromatic carbocycles. The first-order valence-electron chi connectivity index (χ1n) is 5.42. The Balaban J connectivity index is 2.05. The van der Waals surface area contributed by atoms with Gasteiger partial charge in [-0.15, -0.1) is 21.5 Å². The van der Waals surface area contributed by atoms with Crippen LogP contribution in [-0.2, 0) is 0 Å². The molecule has 2 aromatic rings. The van der Waals surface area contributed by atoms with Gasteiger partial charge in [0.25, 0.3) is 5.91 Å². The summed E-state index contributed by atoms with van der Waals surface area (Å²) in [5.41, 5.74) is 0.263. The topological polar surface area (TPSA) is 54.9 Å². The lowest BCUT2D eigenvalue weighted by Gasteiger charge is -2.11. The minimum absolute atomic E-state index is 0.0475. The quantitative estimate of drug-likeness (QED) is 0.941. The Morgan fingerprint density at radius 1 is 1.33 bits per heavy atom. The molecule has 4 nitrogen and oxygen atoms in total. The maximum atomic E-state index is 11.9. The summed E-state index contributed by atoms with van der Waals surface area (Å²) in [7, 11) is 0. The number of halogens is 1. The zero-order valence-corrected chi connectivity index (χ0v) is 11.5. The van der Waals surface area contributed by atoms with Crippen LogP contribution in [-0.4, -0.2) is 16.1 Å². The maximum Gasteiger partial charge on any atom is 0.272 e. The van der Waals surface area contributed by atoms with Gasteiger partial charge in [-0.3, -0.25) is 4.79 Å². The fourth-order valence-corrected chi connectivity index (χ4v) is 2.45. The molecule has 0 radical (unpaired) electrons. The van der Waals surface area contributed by atoms with Crippen molar-refractivity contribution in [2.75, 3.05) is 0 Å². The van der Waals surface area contributed by atoms with Gasteiger partial charge in [0.05, 0.1) is 6.04 Å². The molecule has 2 rings (SSSR count). The van der Waals surface area contributed by atoms with E-state index in [-0.39, 0.29) is 22.8 Å². The highest BCUT2D eigenvalue weighted by Gasteiger charge is 2.14. The highest BCUT2D eigenvalue weighted by Crippen LogP contribution is 2.22. The van der Waals surface area contributed by atoms with Gasteiger partial charge in [-0.05, 0) is 38.1 Å². The van der Waals surface area contributed by atoms with E-state index < -0.39 is 0 Å². The highest BCUT2D eigenvalue weighted by molar-refractivity contribution is 7.12. The van der Waals surface area contributed by atoms with E-state index in [4.69, 9.17) is 11.6 Å². The van der Waals surface area contributed by atoms with Crippen molar-refractivity contribution < 1.29 is 4.79 Å². The van der Waals surface area contributed by atoms with E-state index in [2.05, 4.69) is 15.5 Å². The summed E-state index contributed by atoms with van der Waals surface area (Å²) in [5, 5.41) is 10.5. The number of aryl methyl sites for hydroxylation is 1. The lowest BCUT2D eigenvalue weighted by atomic mass is 10.2. The smallest absolute Gasteiger partial charge is 0.272 e. The van der Waals surface area contributed by atoms with E-state index >= 15 is 0 Å². The summed E-state index contributed by atoms with van der Waals surface area (Å²) in [5.74, 6) is -0.252. The molecule has 1 atom stereocenters. The molecule has 18 heavy (non-hydrogen) atoms. The summed E-state index contributed by atoms with van der Waals surface area (Å²) < 4.78 is 0. The molecule has 0 saturated carbocycles. The van der Waals surface area contributed by atoms with E-state index in [0.717, 1.165) is 4.88 Å². The standard InChI is InChI=1S/C12H12ClN3OS/c1-7-3-5-10(18-7)8(2)14-12(17)9-4-6-11(13)16-15-9/h3-6,8H,1-2H3,(H,14,17). The number of hydrogen-bond donors (Lipinski definition) is 1. The number of rotatable bonds is 3. The monoisotopic (exact) mass is 281 g/mol. The molecule has 0 aliphatic carbocycles. The van der Waals surface area contributed by atoms with Crippen LogP contribution < -0.4 is 5.32 Å². The number of hydrogen-bond acceptors (Lipinski definition) is 4. The van der Waals surface area contributed by atoms with Gasteiger partial charge in [0.2, 0.25) is 0 Å². The Bertz CT molecular complexity index is 553. The first kappa shape index (κ1) is 13.0. The van der Waals surface area contributed by atoms with E-state index in [1.54, 1.807) is 23.5 Å². The predicted molar refractivity (Wildman–Crippen MR) is 72.0 cm³/mol. The molecular formula is C12H12ClN3OS. The molecule has 6 heteroatoms. The van der Waals surface area contributed by atoms with Crippen LogP contribution in [0, 0.1) is 6.92 Å². The van der Waals surface area contributed by atoms with Gasteiger partial charge in [-0.1, -0.05) is 11.6 Å². The molecule has 2 aromatic heterocycles. The molecule has 1 amide bonds. The molecule has 0 bridgehead atoms. The molecule has 1 unspecified atom stereocenters. The summed E-state index contributed by atoms with van der Waals surface area (Å²) >= 11 is 7.28. The van der Waals surface area contributed by atoms with Crippen molar-refractivity contribution in [3.63, 3.8) is 0 Å². The zero-order chi connectivity index (χ0) is 13.1.